The van der Waals surface area contributed by atoms with Crippen molar-refractivity contribution in [1.82, 2.24) is 0 Å². The van der Waals surface area contributed by atoms with E-state index in [-0.39, 0.29) is 54.7 Å². The molecule has 0 spiro atoms. The van der Waals surface area contributed by atoms with E-state index in [9.17, 15) is 39.6 Å². The molecule has 2 aromatic carbocycles. The molecular formula is C38H42O8. The van der Waals surface area contributed by atoms with Crippen LogP contribution in [0.5, 0.6) is 0 Å². The van der Waals surface area contributed by atoms with Gasteiger partial charge >= 0.3 is 23.9 Å². The van der Waals surface area contributed by atoms with Crippen molar-refractivity contribution >= 4 is 23.9 Å². The Morgan fingerprint density at radius 1 is 0.522 bits per heavy atom. The van der Waals surface area contributed by atoms with Gasteiger partial charge in [0.05, 0.1) is 22.3 Å². The summed E-state index contributed by atoms with van der Waals surface area (Å²) in [5, 5.41) is 39.5. The van der Waals surface area contributed by atoms with Crippen LogP contribution in [0.15, 0.2) is 36.4 Å². The molecule has 46 heavy (non-hydrogen) atoms. The average Bonchev–Trinajstić information content (AvgIpc) is 2.93. The molecule has 4 atom stereocenters. The molecule has 0 aliphatic heterocycles. The minimum absolute atomic E-state index is 0.0275. The zero-order chi connectivity index (χ0) is 32.7. The second kappa shape index (κ2) is 9.02. The molecule has 8 aliphatic carbocycles. The summed E-state index contributed by atoms with van der Waals surface area (Å²) in [5.41, 5.74) is 1.12. The molecule has 2 aromatic rings. The fourth-order valence-corrected chi connectivity index (χ4v) is 14.3. The third-order valence-electron chi connectivity index (χ3n) is 14.0. The lowest BCUT2D eigenvalue weighted by Gasteiger charge is -2.77. The van der Waals surface area contributed by atoms with Crippen molar-refractivity contribution in [2.75, 3.05) is 0 Å². The third-order valence-corrected chi connectivity index (χ3v) is 14.0. The summed E-state index contributed by atoms with van der Waals surface area (Å²) in [5.74, 6) is -3.82. The summed E-state index contributed by atoms with van der Waals surface area (Å²) in [6.07, 6.45) is 12.8. The molecule has 8 bridgehead atoms. The highest BCUT2D eigenvalue weighted by Crippen LogP contribution is 2.82. The van der Waals surface area contributed by atoms with Gasteiger partial charge in [0.25, 0.3) is 0 Å². The van der Waals surface area contributed by atoms with Crippen LogP contribution >= 0.6 is 0 Å². The van der Waals surface area contributed by atoms with Gasteiger partial charge < -0.3 is 20.4 Å². The number of benzene rings is 2. The van der Waals surface area contributed by atoms with Gasteiger partial charge in [0, 0.05) is 0 Å². The van der Waals surface area contributed by atoms with Crippen molar-refractivity contribution in [1.29, 1.82) is 0 Å². The van der Waals surface area contributed by atoms with Crippen LogP contribution in [0.2, 0.25) is 0 Å². The molecule has 0 aromatic heterocycles. The molecule has 4 N–H and O–H groups in total. The largest absolute Gasteiger partial charge is 0.478 e. The van der Waals surface area contributed by atoms with Crippen LogP contribution in [-0.4, -0.2) is 44.3 Å². The maximum Gasteiger partial charge on any atom is 0.336 e. The standard InChI is InChI=1S/C38H42O8/c1-33-14-34(2)16-36(15-33,24-4-6-26(30(41)42)28(9-24)32(45)46)20-38(17-33,18-34)37-12-21-7-22(13-37)11-35(10-21,19-37)23-3-5-25(29(39)40)27(8-23)31(43)44/h3-6,8-9,21-22H,7,10-20H2,1-2H3,(H,39,40)(H,41,42)(H,43,44)(H,45,46). The lowest BCUT2D eigenvalue weighted by molar-refractivity contribution is -0.249. The van der Waals surface area contributed by atoms with E-state index in [1.807, 2.05) is 12.1 Å². The van der Waals surface area contributed by atoms with Crippen LogP contribution in [0.3, 0.4) is 0 Å². The van der Waals surface area contributed by atoms with Crippen molar-refractivity contribution in [3.8, 4) is 0 Å². The fourth-order valence-electron chi connectivity index (χ4n) is 14.3. The summed E-state index contributed by atoms with van der Waals surface area (Å²) >= 11 is 0. The Morgan fingerprint density at radius 2 is 0.957 bits per heavy atom. The number of aromatic carboxylic acids is 4. The second-order valence-electron chi connectivity index (χ2n) is 17.5. The Bertz CT molecular complexity index is 1720. The van der Waals surface area contributed by atoms with Gasteiger partial charge in [-0.25, -0.2) is 19.2 Å². The van der Waals surface area contributed by atoms with Gasteiger partial charge in [-0.05, 0) is 157 Å². The maximum atomic E-state index is 12.3. The number of carboxylic acid groups (broad SMARTS) is 4. The van der Waals surface area contributed by atoms with E-state index < -0.39 is 23.9 Å². The molecule has 8 saturated carbocycles. The molecule has 0 saturated heterocycles. The number of carboxylic acids is 4. The summed E-state index contributed by atoms with van der Waals surface area (Å²) in [7, 11) is 0. The summed E-state index contributed by atoms with van der Waals surface area (Å²) in [6.45, 7) is 4.85. The summed E-state index contributed by atoms with van der Waals surface area (Å²) in [4.78, 5) is 48.3. The van der Waals surface area contributed by atoms with Gasteiger partial charge in [-0.1, -0.05) is 26.0 Å². The van der Waals surface area contributed by atoms with Crippen molar-refractivity contribution in [2.24, 2.45) is 33.5 Å². The highest BCUT2D eigenvalue weighted by atomic mass is 16.4. The van der Waals surface area contributed by atoms with E-state index in [0.717, 1.165) is 81.8 Å². The molecule has 8 nitrogen and oxygen atoms in total. The number of hydrogen-bond acceptors (Lipinski definition) is 4. The van der Waals surface area contributed by atoms with E-state index in [1.54, 1.807) is 12.1 Å². The number of rotatable bonds is 7. The lowest BCUT2D eigenvalue weighted by Crippen LogP contribution is -2.69. The van der Waals surface area contributed by atoms with Crippen LogP contribution < -0.4 is 0 Å². The third kappa shape index (κ3) is 3.97. The fraction of sp³-hybridized carbons (Fsp3) is 0.579. The maximum absolute atomic E-state index is 12.3. The minimum Gasteiger partial charge on any atom is -0.478 e. The first-order valence-electron chi connectivity index (χ1n) is 16.8. The molecule has 4 unspecified atom stereocenters. The van der Waals surface area contributed by atoms with E-state index in [4.69, 9.17) is 0 Å². The summed E-state index contributed by atoms with van der Waals surface area (Å²) in [6, 6.07) is 10.1. The average molecular weight is 627 g/mol. The number of carbonyl (C=O) groups is 4. The molecule has 0 amide bonds. The quantitative estimate of drug-likeness (QED) is 0.245. The zero-order valence-electron chi connectivity index (χ0n) is 26.5. The zero-order valence-corrected chi connectivity index (χ0v) is 26.5. The Morgan fingerprint density at radius 3 is 1.41 bits per heavy atom. The van der Waals surface area contributed by atoms with Gasteiger partial charge in [0.2, 0.25) is 0 Å². The van der Waals surface area contributed by atoms with Crippen LogP contribution in [0.1, 0.15) is 143 Å². The molecule has 0 radical (unpaired) electrons. The van der Waals surface area contributed by atoms with Crippen LogP contribution in [0.4, 0.5) is 0 Å². The van der Waals surface area contributed by atoms with E-state index >= 15 is 0 Å². The van der Waals surface area contributed by atoms with Crippen LogP contribution in [0.25, 0.3) is 0 Å². The van der Waals surface area contributed by atoms with Crippen molar-refractivity contribution in [2.45, 2.75) is 102 Å². The molecule has 10 rings (SSSR count). The SMILES string of the molecule is CC12CC3(C)CC(c4ccc(C(=O)O)c(C(=O)O)c4)(C1)CC(C14CC5CC(CC(c6ccc(C(=O)O)c(C(=O)O)c6)(C5)C1)C4)(C2)C3. The Labute approximate surface area is 268 Å². The van der Waals surface area contributed by atoms with E-state index in [2.05, 4.69) is 13.8 Å². The first kappa shape index (κ1) is 29.7. The number of hydrogen-bond donors (Lipinski definition) is 4. The molecular weight excluding hydrogens is 584 g/mol. The van der Waals surface area contributed by atoms with Crippen LogP contribution in [-0.2, 0) is 10.8 Å². The highest BCUT2D eigenvalue weighted by Gasteiger charge is 2.73. The van der Waals surface area contributed by atoms with Crippen molar-refractivity contribution in [3.63, 3.8) is 0 Å². The van der Waals surface area contributed by atoms with Gasteiger partial charge in [-0.3, -0.25) is 0 Å². The second-order valence-corrected chi connectivity index (χ2v) is 17.5. The predicted molar refractivity (Wildman–Crippen MR) is 168 cm³/mol. The molecule has 8 fully saturated rings. The van der Waals surface area contributed by atoms with Gasteiger partial charge in [-0.15, -0.1) is 0 Å². The Kier molecular flexibility index (Phi) is 5.82. The van der Waals surface area contributed by atoms with Gasteiger partial charge in [0.1, 0.15) is 0 Å². The van der Waals surface area contributed by atoms with Crippen LogP contribution in [0, 0.1) is 33.5 Å². The van der Waals surface area contributed by atoms with E-state index in [1.165, 1.54) is 18.6 Å². The monoisotopic (exact) mass is 626 g/mol. The Hall–Kier alpha value is -3.68. The van der Waals surface area contributed by atoms with Gasteiger partial charge in [-0.2, -0.15) is 0 Å². The smallest absolute Gasteiger partial charge is 0.336 e. The first-order chi connectivity index (χ1) is 21.5. The van der Waals surface area contributed by atoms with E-state index in [0.29, 0.717) is 11.8 Å². The first-order valence-corrected chi connectivity index (χ1v) is 16.8. The van der Waals surface area contributed by atoms with Crippen molar-refractivity contribution in [3.05, 3.63) is 69.8 Å². The summed E-state index contributed by atoms with van der Waals surface area (Å²) < 4.78 is 0. The molecule has 242 valence electrons. The highest BCUT2D eigenvalue weighted by molar-refractivity contribution is 6.02. The topological polar surface area (TPSA) is 149 Å². The predicted octanol–water partition coefficient (Wildman–Crippen LogP) is 7.64. The molecule has 8 heteroatoms. The normalized spacial score (nSPS) is 41.4. The van der Waals surface area contributed by atoms with Crippen molar-refractivity contribution < 1.29 is 39.6 Å². The Balaban J connectivity index is 1.26. The minimum atomic E-state index is -1.23. The van der Waals surface area contributed by atoms with Gasteiger partial charge in [0.15, 0.2) is 0 Å². The lowest BCUT2D eigenvalue weighted by atomic mass is 9.27. The molecule has 8 aliphatic rings. The molecule has 0 heterocycles.